The minimum Gasteiger partial charge on any atom is -0.489 e. The number of hydrogen-bond donors (Lipinski definition) is 6. The highest BCUT2D eigenvalue weighted by molar-refractivity contribution is 6.01. The molecule has 16 nitrogen and oxygen atoms in total. The Morgan fingerprint density at radius 2 is 1.48 bits per heavy atom. The van der Waals surface area contributed by atoms with Gasteiger partial charge < -0.3 is 41.4 Å². The zero-order valence-corrected chi connectivity index (χ0v) is 36.0. The van der Waals surface area contributed by atoms with Gasteiger partial charge in [0.1, 0.15) is 36.1 Å². The summed E-state index contributed by atoms with van der Waals surface area (Å²) in [6.07, 6.45) is 1.35. The molecule has 332 valence electrons. The van der Waals surface area contributed by atoms with E-state index in [1.54, 1.807) is 20.8 Å². The first kappa shape index (κ1) is 49.7. The molecule has 0 bridgehead atoms. The SMILES string of the molecule is CCCCCC(=O)NC(=O)[C@@H](N)C(CO)CNC(=O)[C@H](C)NC(=O)[C@H](C)N(C(=O)OC(C)(C)C)C(=O)[C@@H](N)COCc1ccccc1-c1ccc(OCc2ccccc2)cc1. The summed E-state index contributed by atoms with van der Waals surface area (Å²) in [6.45, 7) is 8.76. The van der Waals surface area contributed by atoms with Gasteiger partial charge in [0, 0.05) is 25.5 Å². The number of benzene rings is 3. The average Bonchev–Trinajstić information content (AvgIpc) is 3.23. The van der Waals surface area contributed by atoms with Crippen LogP contribution in [0.2, 0.25) is 0 Å². The van der Waals surface area contributed by atoms with Crippen molar-refractivity contribution < 1.29 is 48.1 Å². The van der Waals surface area contributed by atoms with E-state index in [9.17, 15) is 33.9 Å². The first-order chi connectivity index (χ1) is 28.9. The first-order valence-electron chi connectivity index (χ1n) is 20.5. The number of ether oxygens (including phenoxy) is 3. The second kappa shape index (κ2) is 24.5. The van der Waals surface area contributed by atoms with Gasteiger partial charge in [0.25, 0.3) is 5.91 Å². The Bertz CT molecular complexity index is 1900. The van der Waals surface area contributed by atoms with Gasteiger partial charge in [-0.3, -0.25) is 29.3 Å². The van der Waals surface area contributed by atoms with E-state index >= 15 is 0 Å². The molecule has 3 rings (SSSR count). The minimum atomic E-state index is -1.49. The molecule has 0 aliphatic heterocycles. The van der Waals surface area contributed by atoms with Crippen molar-refractivity contribution in [3.8, 4) is 16.9 Å². The smallest absolute Gasteiger partial charge is 0.417 e. The summed E-state index contributed by atoms with van der Waals surface area (Å²) in [7, 11) is 0. The second-order valence-electron chi connectivity index (χ2n) is 15.8. The molecule has 6 amide bonds. The molecule has 0 saturated carbocycles. The highest BCUT2D eigenvalue weighted by Gasteiger charge is 2.38. The summed E-state index contributed by atoms with van der Waals surface area (Å²) >= 11 is 0. The highest BCUT2D eigenvalue weighted by Crippen LogP contribution is 2.27. The van der Waals surface area contributed by atoms with E-state index in [2.05, 4.69) is 16.0 Å². The highest BCUT2D eigenvalue weighted by atomic mass is 16.6. The van der Waals surface area contributed by atoms with E-state index in [1.165, 1.54) is 13.8 Å². The summed E-state index contributed by atoms with van der Waals surface area (Å²) < 4.78 is 17.3. The summed E-state index contributed by atoms with van der Waals surface area (Å²) in [5, 5.41) is 17.1. The van der Waals surface area contributed by atoms with Crippen LogP contribution in [0.3, 0.4) is 0 Å². The number of aliphatic hydroxyl groups excluding tert-OH is 1. The monoisotopic (exact) mass is 846 g/mol. The maximum atomic E-state index is 13.8. The number of rotatable bonds is 22. The second-order valence-corrected chi connectivity index (χ2v) is 15.8. The summed E-state index contributed by atoms with van der Waals surface area (Å²) in [4.78, 5) is 78.8. The quantitative estimate of drug-likeness (QED) is 0.0794. The summed E-state index contributed by atoms with van der Waals surface area (Å²) in [6, 6.07) is 19.7. The van der Waals surface area contributed by atoms with Gasteiger partial charge in [0.15, 0.2) is 0 Å². The van der Waals surface area contributed by atoms with Crippen molar-refractivity contribution in [3.63, 3.8) is 0 Å². The first-order valence-corrected chi connectivity index (χ1v) is 20.5. The number of carbonyl (C=O) groups excluding carboxylic acids is 6. The van der Waals surface area contributed by atoms with Crippen LogP contribution in [0.4, 0.5) is 4.79 Å². The van der Waals surface area contributed by atoms with Crippen LogP contribution in [0.5, 0.6) is 5.75 Å². The molecule has 3 aromatic rings. The molecule has 0 fully saturated rings. The number of imide groups is 2. The third kappa shape index (κ3) is 16.4. The summed E-state index contributed by atoms with van der Waals surface area (Å²) in [5.41, 5.74) is 14.9. The van der Waals surface area contributed by atoms with Crippen LogP contribution >= 0.6 is 0 Å². The van der Waals surface area contributed by atoms with Gasteiger partial charge in [-0.15, -0.1) is 0 Å². The zero-order valence-electron chi connectivity index (χ0n) is 36.0. The predicted molar refractivity (Wildman–Crippen MR) is 229 cm³/mol. The fraction of sp³-hybridized carbons (Fsp3) is 0.467. The van der Waals surface area contributed by atoms with Crippen LogP contribution in [-0.4, -0.2) is 95.2 Å². The normalized spacial score (nSPS) is 13.7. The molecule has 0 radical (unpaired) electrons. The van der Waals surface area contributed by atoms with E-state index < -0.39 is 77.9 Å². The molecule has 8 N–H and O–H groups in total. The Hall–Kier alpha value is -5.68. The van der Waals surface area contributed by atoms with Crippen LogP contribution in [0.1, 0.15) is 78.4 Å². The van der Waals surface area contributed by atoms with Gasteiger partial charge in [0.05, 0.1) is 19.3 Å². The van der Waals surface area contributed by atoms with Crippen molar-refractivity contribution in [2.45, 2.75) is 110 Å². The lowest BCUT2D eigenvalue weighted by Crippen LogP contribution is -2.59. The fourth-order valence-corrected chi connectivity index (χ4v) is 5.93. The van der Waals surface area contributed by atoms with Crippen molar-refractivity contribution in [1.82, 2.24) is 20.9 Å². The van der Waals surface area contributed by atoms with E-state index in [-0.39, 0.29) is 26.2 Å². The molecule has 0 aliphatic rings. The topological polar surface area (TPSA) is 242 Å². The number of aliphatic hydroxyl groups is 1. The number of nitrogens with zero attached hydrogens (tertiary/aromatic N) is 1. The van der Waals surface area contributed by atoms with Gasteiger partial charge in [-0.2, -0.15) is 0 Å². The van der Waals surface area contributed by atoms with Gasteiger partial charge in [-0.25, -0.2) is 9.69 Å². The van der Waals surface area contributed by atoms with Gasteiger partial charge in [-0.1, -0.05) is 86.5 Å². The maximum Gasteiger partial charge on any atom is 0.417 e. The number of nitrogens with two attached hydrogens (primary N) is 2. The largest absolute Gasteiger partial charge is 0.489 e. The molecule has 3 aromatic carbocycles. The third-order valence-corrected chi connectivity index (χ3v) is 9.50. The van der Waals surface area contributed by atoms with Crippen LogP contribution in [0.25, 0.3) is 11.1 Å². The zero-order chi connectivity index (χ0) is 45.1. The van der Waals surface area contributed by atoms with E-state index in [0.717, 1.165) is 35.1 Å². The Morgan fingerprint density at radius 3 is 2.11 bits per heavy atom. The molecule has 5 atom stereocenters. The lowest BCUT2D eigenvalue weighted by molar-refractivity contribution is -0.141. The Morgan fingerprint density at radius 1 is 0.820 bits per heavy atom. The maximum absolute atomic E-state index is 13.8. The minimum absolute atomic E-state index is 0.0718. The van der Waals surface area contributed by atoms with Crippen LogP contribution in [0.15, 0.2) is 78.9 Å². The van der Waals surface area contributed by atoms with Crippen LogP contribution in [-0.2, 0) is 46.7 Å². The Kier molecular flexibility index (Phi) is 20.0. The van der Waals surface area contributed by atoms with Crippen molar-refractivity contribution in [3.05, 3.63) is 90.0 Å². The van der Waals surface area contributed by atoms with Crippen molar-refractivity contribution in [2.75, 3.05) is 19.8 Å². The number of amides is 6. The molecule has 16 heteroatoms. The molecular formula is C45H62N6O10. The van der Waals surface area contributed by atoms with Crippen molar-refractivity contribution in [2.24, 2.45) is 17.4 Å². The number of hydrogen-bond acceptors (Lipinski definition) is 12. The standard InChI is InChI=1S/C45H62N6O10/c1-7-8-10-19-38(53)50-42(56)39(47)34(25-52)24-48-40(54)29(2)49-41(55)30(3)51(44(58)61-45(4,5)6)43(57)37(46)28-59-27-33-17-13-14-18-36(33)32-20-22-35(23-21-32)60-26-31-15-11-9-12-16-31/h9,11-18,20-23,29-30,34,37,39,52H,7-8,10,19,24-28,46-47H2,1-6H3,(H,48,54)(H,49,55)(H,50,53,56)/t29-,30-,34?,37-,39-/m0/s1. The molecule has 0 spiro atoms. The lowest BCUT2D eigenvalue weighted by Gasteiger charge is -2.31. The average molecular weight is 847 g/mol. The molecule has 1 unspecified atom stereocenters. The predicted octanol–water partition coefficient (Wildman–Crippen LogP) is 3.71. The molecule has 0 aromatic heterocycles. The van der Waals surface area contributed by atoms with Crippen LogP contribution < -0.4 is 32.2 Å². The van der Waals surface area contributed by atoms with E-state index in [4.69, 9.17) is 25.7 Å². The fourth-order valence-electron chi connectivity index (χ4n) is 5.93. The Labute approximate surface area is 358 Å². The van der Waals surface area contributed by atoms with Crippen LogP contribution in [0, 0.1) is 5.92 Å². The van der Waals surface area contributed by atoms with Gasteiger partial charge in [-0.05, 0) is 75.4 Å². The molecule has 61 heavy (non-hydrogen) atoms. The number of carbonyl (C=O) groups is 6. The third-order valence-electron chi connectivity index (χ3n) is 9.50. The molecule has 0 heterocycles. The lowest BCUT2D eigenvalue weighted by atomic mass is 10.00. The molecular weight excluding hydrogens is 785 g/mol. The van der Waals surface area contributed by atoms with Gasteiger partial charge in [0.2, 0.25) is 23.6 Å². The molecule has 0 saturated heterocycles. The van der Waals surface area contributed by atoms with Gasteiger partial charge >= 0.3 is 6.09 Å². The van der Waals surface area contributed by atoms with Crippen molar-refractivity contribution >= 4 is 35.6 Å². The Balaban J connectivity index is 1.61. The number of unbranched alkanes of at least 4 members (excludes halogenated alkanes) is 2. The summed E-state index contributed by atoms with van der Waals surface area (Å²) in [5.74, 6) is -4.07. The molecule has 0 aliphatic carbocycles. The van der Waals surface area contributed by atoms with E-state index in [1.807, 2.05) is 85.8 Å². The van der Waals surface area contributed by atoms with Crippen molar-refractivity contribution in [1.29, 1.82) is 0 Å². The van der Waals surface area contributed by atoms with E-state index in [0.29, 0.717) is 23.7 Å². The number of nitrogens with one attached hydrogen (secondary N) is 3.